The quantitative estimate of drug-likeness (QED) is 0.739. The molecule has 0 unspecified atom stereocenters. The van der Waals surface area contributed by atoms with Crippen LogP contribution in [-0.2, 0) is 4.79 Å². The minimum atomic E-state index is -1.14. The number of thiocarbonyl (C=S) groups is 1. The van der Waals surface area contributed by atoms with Crippen LogP contribution in [0.15, 0.2) is 12.1 Å². The standard InChI is InChI=1S/C11H11ClN2O4S/c1-5(15)13-11(19)14-8-4-6(10(16)17)3-7(12)9(8)18-2/h3-4H,1-2H3,(H,16,17)(H2,13,14,15,19). The average Bonchev–Trinajstić information content (AvgIpc) is 2.27. The van der Waals surface area contributed by atoms with Gasteiger partial charge in [0.25, 0.3) is 0 Å². The van der Waals surface area contributed by atoms with Gasteiger partial charge in [-0.05, 0) is 24.4 Å². The normalized spacial score (nSPS) is 9.63. The van der Waals surface area contributed by atoms with Gasteiger partial charge in [0.05, 0.1) is 23.4 Å². The molecule has 1 rings (SSSR count). The number of hydrogen-bond acceptors (Lipinski definition) is 4. The van der Waals surface area contributed by atoms with E-state index < -0.39 is 5.97 Å². The van der Waals surface area contributed by atoms with Crippen LogP contribution in [-0.4, -0.2) is 29.2 Å². The average molecular weight is 303 g/mol. The van der Waals surface area contributed by atoms with Crippen molar-refractivity contribution in [2.45, 2.75) is 6.92 Å². The van der Waals surface area contributed by atoms with Gasteiger partial charge in [-0.2, -0.15) is 0 Å². The van der Waals surface area contributed by atoms with Crippen molar-refractivity contribution in [3.8, 4) is 5.75 Å². The van der Waals surface area contributed by atoms with Gasteiger partial charge >= 0.3 is 5.97 Å². The lowest BCUT2D eigenvalue weighted by atomic mass is 10.2. The third-order valence-corrected chi connectivity index (χ3v) is 2.52. The van der Waals surface area contributed by atoms with E-state index in [1.54, 1.807) is 0 Å². The molecule has 1 aromatic carbocycles. The molecule has 0 aromatic heterocycles. The Bertz CT molecular complexity index is 548. The first-order chi connectivity index (χ1) is 8.85. The van der Waals surface area contributed by atoms with Crippen LogP contribution in [0.3, 0.4) is 0 Å². The number of carboxylic acid groups (broad SMARTS) is 1. The molecule has 0 atom stereocenters. The molecule has 6 nitrogen and oxygen atoms in total. The number of anilines is 1. The van der Waals surface area contributed by atoms with Gasteiger partial charge < -0.3 is 20.5 Å². The minimum Gasteiger partial charge on any atom is -0.493 e. The van der Waals surface area contributed by atoms with Gasteiger partial charge in [-0.15, -0.1) is 0 Å². The fourth-order valence-electron chi connectivity index (χ4n) is 1.33. The minimum absolute atomic E-state index is 0.0180. The Kier molecular flexibility index (Phi) is 5.08. The largest absolute Gasteiger partial charge is 0.493 e. The zero-order valence-electron chi connectivity index (χ0n) is 10.1. The number of halogens is 1. The third-order valence-electron chi connectivity index (χ3n) is 2.03. The Labute approximate surface area is 119 Å². The molecule has 0 spiro atoms. The number of amides is 1. The molecule has 8 heteroatoms. The molecule has 0 saturated carbocycles. The lowest BCUT2D eigenvalue weighted by Crippen LogP contribution is -2.32. The maximum absolute atomic E-state index is 10.9. The van der Waals surface area contributed by atoms with Crippen LogP contribution in [0.4, 0.5) is 5.69 Å². The second kappa shape index (κ2) is 6.35. The van der Waals surface area contributed by atoms with Crippen molar-refractivity contribution in [3.05, 3.63) is 22.7 Å². The fraction of sp³-hybridized carbons (Fsp3) is 0.182. The predicted octanol–water partition coefficient (Wildman–Crippen LogP) is 1.88. The van der Waals surface area contributed by atoms with Crippen molar-refractivity contribution in [2.75, 3.05) is 12.4 Å². The van der Waals surface area contributed by atoms with E-state index >= 15 is 0 Å². The maximum Gasteiger partial charge on any atom is 0.335 e. The first-order valence-corrected chi connectivity index (χ1v) is 5.83. The molecular formula is C11H11ClN2O4S. The third kappa shape index (κ3) is 4.08. The molecule has 0 saturated heterocycles. The number of nitrogens with one attached hydrogen (secondary N) is 2. The lowest BCUT2D eigenvalue weighted by molar-refractivity contribution is -0.117. The highest BCUT2D eigenvalue weighted by molar-refractivity contribution is 7.80. The van der Waals surface area contributed by atoms with Gasteiger partial charge in [0.1, 0.15) is 0 Å². The Hall–Kier alpha value is -1.86. The Morgan fingerprint density at radius 3 is 2.53 bits per heavy atom. The number of rotatable bonds is 3. The zero-order valence-corrected chi connectivity index (χ0v) is 11.7. The van der Waals surface area contributed by atoms with Gasteiger partial charge in [-0.25, -0.2) is 4.79 Å². The van der Waals surface area contributed by atoms with Crippen LogP contribution in [0.2, 0.25) is 5.02 Å². The molecular weight excluding hydrogens is 292 g/mol. The Morgan fingerprint density at radius 1 is 1.42 bits per heavy atom. The molecule has 3 N–H and O–H groups in total. The number of ether oxygens (including phenoxy) is 1. The van der Waals surface area contributed by atoms with E-state index in [4.69, 9.17) is 33.7 Å². The molecule has 1 amide bonds. The number of aromatic carboxylic acids is 1. The van der Waals surface area contributed by atoms with Gasteiger partial charge in [0.15, 0.2) is 10.9 Å². The van der Waals surface area contributed by atoms with E-state index in [-0.39, 0.29) is 33.0 Å². The Balaban J connectivity index is 3.13. The summed E-state index contributed by atoms with van der Waals surface area (Å²) in [4.78, 5) is 21.8. The molecule has 0 fully saturated rings. The predicted molar refractivity (Wildman–Crippen MR) is 75.0 cm³/mol. The molecule has 102 valence electrons. The maximum atomic E-state index is 10.9. The summed E-state index contributed by atoms with van der Waals surface area (Å²) in [5.41, 5.74) is 0.227. The van der Waals surface area contributed by atoms with E-state index in [0.29, 0.717) is 0 Å². The summed E-state index contributed by atoms with van der Waals surface area (Å²) < 4.78 is 5.06. The number of carboxylic acids is 1. The number of hydrogen-bond donors (Lipinski definition) is 3. The fourth-order valence-corrected chi connectivity index (χ4v) is 1.88. The van der Waals surface area contributed by atoms with E-state index in [0.717, 1.165) is 0 Å². The molecule has 0 bridgehead atoms. The summed E-state index contributed by atoms with van der Waals surface area (Å²) in [6.07, 6.45) is 0. The molecule has 1 aromatic rings. The van der Waals surface area contributed by atoms with Crippen LogP contribution in [0.1, 0.15) is 17.3 Å². The molecule has 0 aliphatic rings. The van der Waals surface area contributed by atoms with Gasteiger partial charge in [0, 0.05) is 6.92 Å². The van der Waals surface area contributed by atoms with Crippen LogP contribution in [0, 0.1) is 0 Å². The van der Waals surface area contributed by atoms with Crippen molar-refractivity contribution < 1.29 is 19.4 Å². The SMILES string of the molecule is COc1c(Cl)cc(C(=O)O)cc1NC(=S)NC(C)=O. The second-order valence-corrected chi connectivity index (χ2v) is 4.29. The summed E-state index contributed by atoms with van der Waals surface area (Å²) in [6, 6.07) is 2.57. The summed E-state index contributed by atoms with van der Waals surface area (Å²) in [7, 11) is 1.38. The highest BCUT2D eigenvalue weighted by Crippen LogP contribution is 2.34. The summed E-state index contributed by atoms with van der Waals surface area (Å²) >= 11 is 10.8. The zero-order chi connectivity index (χ0) is 14.6. The molecule has 0 heterocycles. The van der Waals surface area contributed by atoms with Crippen molar-refractivity contribution in [2.24, 2.45) is 0 Å². The first-order valence-electron chi connectivity index (χ1n) is 5.04. The van der Waals surface area contributed by atoms with Crippen molar-refractivity contribution in [3.63, 3.8) is 0 Å². The van der Waals surface area contributed by atoms with Crippen molar-refractivity contribution in [1.82, 2.24) is 5.32 Å². The Morgan fingerprint density at radius 2 is 2.05 bits per heavy atom. The summed E-state index contributed by atoms with van der Waals surface area (Å²) in [5.74, 6) is -1.26. The smallest absolute Gasteiger partial charge is 0.335 e. The van der Waals surface area contributed by atoms with Gasteiger partial charge in [-0.3, -0.25) is 4.79 Å². The van der Waals surface area contributed by atoms with Crippen molar-refractivity contribution >= 4 is 46.5 Å². The van der Waals surface area contributed by atoms with Gasteiger partial charge in [-0.1, -0.05) is 11.6 Å². The van der Waals surface area contributed by atoms with Crippen LogP contribution < -0.4 is 15.4 Å². The summed E-state index contributed by atoms with van der Waals surface area (Å²) in [6.45, 7) is 1.30. The number of carbonyl (C=O) groups excluding carboxylic acids is 1. The molecule has 0 aliphatic carbocycles. The highest BCUT2D eigenvalue weighted by atomic mass is 35.5. The van der Waals surface area contributed by atoms with Crippen molar-refractivity contribution in [1.29, 1.82) is 0 Å². The number of carbonyl (C=O) groups is 2. The van der Waals surface area contributed by atoms with Crippen LogP contribution >= 0.6 is 23.8 Å². The molecule has 0 aliphatic heterocycles. The lowest BCUT2D eigenvalue weighted by Gasteiger charge is -2.14. The topological polar surface area (TPSA) is 87.7 Å². The molecule has 0 radical (unpaired) electrons. The van der Waals surface area contributed by atoms with Crippen LogP contribution in [0.25, 0.3) is 0 Å². The summed E-state index contributed by atoms with van der Waals surface area (Å²) in [5, 5.41) is 14.1. The highest BCUT2D eigenvalue weighted by Gasteiger charge is 2.15. The van der Waals surface area contributed by atoms with E-state index in [1.807, 2.05) is 0 Å². The molecule has 19 heavy (non-hydrogen) atoms. The monoisotopic (exact) mass is 302 g/mol. The second-order valence-electron chi connectivity index (χ2n) is 3.48. The van der Waals surface area contributed by atoms with Crippen LogP contribution in [0.5, 0.6) is 5.75 Å². The van der Waals surface area contributed by atoms with Gasteiger partial charge in [0.2, 0.25) is 5.91 Å². The van der Waals surface area contributed by atoms with E-state index in [2.05, 4.69) is 10.6 Å². The van der Waals surface area contributed by atoms with E-state index in [9.17, 15) is 9.59 Å². The van der Waals surface area contributed by atoms with E-state index in [1.165, 1.54) is 26.2 Å². The number of methoxy groups -OCH3 is 1. The first kappa shape index (κ1) is 15.2. The number of benzene rings is 1.